The van der Waals surface area contributed by atoms with Crippen molar-refractivity contribution in [2.45, 2.75) is 83.0 Å². The number of carbonyl (C=O) groups excluding carboxylic acids is 2. The van der Waals surface area contributed by atoms with Crippen molar-refractivity contribution in [3.05, 3.63) is 118 Å². The molecule has 0 saturated carbocycles. The molecule has 2 amide bonds. The Morgan fingerprint density at radius 3 is 2.41 bits per heavy atom. The molecule has 2 aliphatic rings. The highest BCUT2D eigenvalue weighted by Crippen LogP contribution is 2.43. The molecule has 2 aromatic heterocycles. The summed E-state index contributed by atoms with van der Waals surface area (Å²) in [5, 5.41) is 15.3. The van der Waals surface area contributed by atoms with Crippen molar-refractivity contribution in [1.82, 2.24) is 25.4 Å². The molecule has 56 heavy (non-hydrogen) atoms. The molecule has 2 atom stereocenters. The maximum atomic E-state index is 15.0. The number of anilines is 1. The highest BCUT2D eigenvalue weighted by Gasteiger charge is 2.43. The third-order valence-corrected chi connectivity index (χ3v) is 11.2. The Morgan fingerprint density at radius 1 is 0.964 bits per heavy atom. The summed E-state index contributed by atoms with van der Waals surface area (Å²) < 4.78 is 85.2. The summed E-state index contributed by atoms with van der Waals surface area (Å²) in [6.07, 6.45) is -4.64. The molecule has 0 aliphatic carbocycles. The maximum Gasteiger partial charge on any atom is 0.416 e. The normalized spacial score (nSPS) is 19.0. The van der Waals surface area contributed by atoms with Crippen LogP contribution in [0.4, 0.5) is 32.2 Å². The Kier molecular flexibility index (Phi) is 10.6. The zero-order valence-electron chi connectivity index (χ0n) is 31.0. The summed E-state index contributed by atoms with van der Waals surface area (Å²) in [5.41, 5.74) is 0.976. The van der Waals surface area contributed by atoms with Gasteiger partial charge in [0.05, 0.1) is 34.0 Å². The van der Waals surface area contributed by atoms with Crippen molar-refractivity contribution in [3.8, 4) is 11.3 Å². The molecule has 5 aromatic rings. The SMILES string of the molecule is Cc1nnc(N[C@H](C)c2cccc(C(F)F)c2F)c2cc(-c3cccc(CN4CCC(c5ccc([C@@]6(C)CCC(=O)NC6=O)cc5C(F)(F)F)CC4)c3)ncc12. The fourth-order valence-corrected chi connectivity index (χ4v) is 7.86. The van der Waals surface area contributed by atoms with E-state index in [2.05, 4.69) is 30.7 Å². The number of amides is 2. The number of fused-ring (bicyclic) bond motifs is 1. The molecule has 8 nitrogen and oxygen atoms in total. The Hall–Kier alpha value is -5.37. The maximum absolute atomic E-state index is 15.0. The molecule has 0 unspecified atom stereocenters. The van der Waals surface area contributed by atoms with Gasteiger partial charge in [-0.05, 0) is 93.9 Å². The van der Waals surface area contributed by atoms with Gasteiger partial charge in [-0.1, -0.05) is 48.5 Å². The van der Waals surface area contributed by atoms with Gasteiger partial charge in [0.1, 0.15) is 5.82 Å². The molecule has 3 aromatic carbocycles. The molecule has 0 radical (unpaired) electrons. The van der Waals surface area contributed by atoms with Crippen LogP contribution in [0, 0.1) is 12.7 Å². The van der Waals surface area contributed by atoms with Crippen LogP contribution in [0.25, 0.3) is 22.0 Å². The molecule has 2 fully saturated rings. The first-order chi connectivity index (χ1) is 26.6. The average molecular weight is 775 g/mol. The zero-order valence-corrected chi connectivity index (χ0v) is 31.0. The second kappa shape index (κ2) is 15.3. The number of nitrogens with one attached hydrogen (secondary N) is 2. The number of piperidine rings is 2. The van der Waals surface area contributed by atoms with Crippen LogP contribution in [0.2, 0.25) is 0 Å². The fraction of sp³-hybridized carbons (Fsp3) is 0.357. The number of likely N-dealkylation sites (tertiary alicyclic amines) is 1. The molecule has 2 N–H and O–H groups in total. The Balaban J connectivity index is 1.06. The van der Waals surface area contributed by atoms with Gasteiger partial charge in [0.2, 0.25) is 11.8 Å². The van der Waals surface area contributed by atoms with E-state index in [1.54, 1.807) is 33.0 Å². The van der Waals surface area contributed by atoms with Gasteiger partial charge in [0.15, 0.2) is 5.82 Å². The minimum atomic E-state index is -4.61. The molecule has 292 valence electrons. The van der Waals surface area contributed by atoms with Crippen molar-refractivity contribution in [1.29, 1.82) is 0 Å². The van der Waals surface area contributed by atoms with Crippen LogP contribution in [0.3, 0.4) is 0 Å². The Morgan fingerprint density at radius 2 is 1.70 bits per heavy atom. The molecule has 0 bridgehead atoms. The lowest BCUT2D eigenvalue weighted by molar-refractivity contribution is -0.140. The zero-order chi connectivity index (χ0) is 39.9. The van der Waals surface area contributed by atoms with Crippen molar-refractivity contribution in [2.75, 3.05) is 18.4 Å². The summed E-state index contributed by atoms with van der Waals surface area (Å²) in [6.45, 7) is 6.76. The van der Waals surface area contributed by atoms with E-state index in [9.17, 15) is 35.9 Å². The summed E-state index contributed by atoms with van der Waals surface area (Å²) in [7, 11) is 0. The van der Waals surface area contributed by atoms with Crippen molar-refractivity contribution >= 4 is 28.4 Å². The lowest BCUT2D eigenvalue weighted by Gasteiger charge is -2.35. The molecule has 0 spiro atoms. The van der Waals surface area contributed by atoms with Crippen LogP contribution >= 0.6 is 0 Å². The van der Waals surface area contributed by atoms with E-state index >= 15 is 0 Å². The lowest BCUT2D eigenvalue weighted by Crippen LogP contribution is -2.49. The number of aryl methyl sites for hydroxylation is 1. The first kappa shape index (κ1) is 38.9. The van der Waals surface area contributed by atoms with Gasteiger partial charge in [0.25, 0.3) is 6.43 Å². The number of alkyl halides is 5. The predicted octanol–water partition coefficient (Wildman–Crippen LogP) is 9.34. The van der Waals surface area contributed by atoms with E-state index in [1.807, 2.05) is 30.3 Å². The first-order valence-electron chi connectivity index (χ1n) is 18.5. The number of rotatable bonds is 9. The van der Waals surface area contributed by atoms with Crippen LogP contribution < -0.4 is 10.6 Å². The molecule has 4 heterocycles. The third-order valence-electron chi connectivity index (χ3n) is 11.2. The number of benzene rings is 3. The number of carbonyl (C=O) groups is 2. The fourth-order valence-electron chi connectivity index (χ4n) is 7.86. The van der Waals surface area contributed by atoms with E-state index in [-0.39, 0.29) is 35.4 Å². The van der Waals surface area contributed by atoms with Crippen LogP contribution in [0.5, 0.6) is 0 Å². The van der Waals surface area contributed by atoms with Crippen LogP contribution in [-0.4, -0.2) is 45.0 Å². The Labute approximate surface area is 319 Å². The number of pyridine rings is 1. The number of aromatic nitrogens is 3. The largest absolute Gasteiger partial charge is 0.416 e. The lowest BCUT2D eigenvalue weighted by atomic mass is 9.74. The smallest absolute Gasteiger partial charge is 0.361 e. The monoisotopic (exact) mass is 774 g/mol. The summed E-state index contributed by atoms with van der Waals surface area (Å²) in [5.74, 6) is -1.97. The predicted molar refractivity (Wildman–Crippen MR) is 199 cm³/mol. The number of halogens is 6. The van der Waals surface area contributed by atoms with Gasteiger partial charge in [-0.3, -0.25) is 24.8 Å². The van der Waals surface area contributed by atoms with E-state index < -0.39 is 52.8 Å². The Bertz CT molecular complexity index is 2310. The first-order valence-corrected chi connectivity index (χ1v) is 18.5. The highest BCUT2D eigenvalue weighted by atomic mass is 19.4. The van der Waals surface area contributed by atoms with Crippen molar-refractivity contribution < 1.29 is 35.9 Å². The topological polar surface area (TPSA) is 100 Å². The summed E-state index contributed by atoms with van der Waals surface area (Å²) >= 11 is 0. The van der Waals surface area contributed by atoms with Crippen molar-refractivity contribution in [3.63, 3.8) is 0 Å². The van der Waals surface area contributed by atoms with Crippen LogP contribution in [-0.2, 0) is 27.7 Å². The minimum Gasteiger partial charge on any atom is -0.361 e. The van der Waals surface area contributed by atoms with Crippen LogP contribution in [0.15, 0.2) is 72.9 Å². The number of imide groups is 1. The molecule has 14 heteroatoms. The minimum absolute atomic E-state index is 0.0615. The van der Waals surface area contributed by atoms with E-state index in [0.29, 0.717) is 60.5 Å². The molecular formula is C42H40F6N6O2. The second-order valence-electron chi connectivity index (χ2n) is 14.9. The van der Waals surface area contributed by atoms with Gasteiger partial charge in [0, 0.05) is 41.1 Å². The van der Waals surface area contributed by atoms with Crippen LogP contribution in [0.1, 0.15) is 97.0 Å². The quantitative estimate of drug-likeness (QED) is 0.114. The molecule has 2 saturated heterocycles. The molecule has 7 rings (SSSR count). The van der Waals surface area contributed by atoms with Gasteiger partial charge < -0.3 is 5.32 Å². The highest BCUT2D eigenvalue weighted by molar-refractivity contribution is 6.03. The average Bonchev–Trinajstić information content (AvgIpc) is 3.17. The van der Waals surface area contributed by atoms with Gasteiger partial charge in [-0.2, -0.15) is 18.3 Å². The molecular weight excluding hydrogens is 734 g/mol. The molecule has 2 aliphatic heterocycles. The van der Waals surface area contributed by atoms with E-state index in [4.69, 9.17) is 0 Å². The van der Waals surface area contributed by atoms with E-state index in [0.717, 1.165) is 23.3 Å². The van der Waals surface area contributed by atoms with Crippen molar-refractivity contribution in [2.24, 2.45) is 0 Å². The standard InChI is InChI=1S/C42H40F6N6O2/c1-23(29-8-5-9-31(37(29)43)38(44)45)50-39-32-20-35(49-21-33(32)24(2)52-53-39)27-7-4-6-25(18-27)22-54-16-13-26(14-17-54)30-11-10-28(19-34(30)42(46,47)48)41(3)15-12-36(55)51-40(41)56/h4-11,18-21,23,26,38H,12-17,22H2,1-3H3,(H,50,53)(H,51,55,56)/t23-,41-/m1/s1. The second-order valence-corrected chi connectivity index (χ2v) is 14.9. The number of hydrogen-bond donors (Lipinski definition) is 2. The van der Waals surface area contributed by atoms with E-state index in [1.165, 1.54) is 18.2 Å². The van der Waals surface area contributed by atoms with Gasteiger partial charge >= 0.3 is 6.18 Å². The third kappa shape index (κ3) is 7.71. The number of nitrogens with zero attached hydrogens (tertiary/aromatic N) is 4. The summed E-state index contributed by atoms with van der Waals surface area (Å²) in [6, 6.07) is 17.1. The number of hydrogen-bond acceptors (Lipinski definition) is 7. The summed E-state index contributed by atoms with van der Waals surface area (Å²) in [4.78, 5) is 31.3. The van der Waals surface area contributed by atoms with Gasteiger partial charge in [-0.15, -0.1) is 5.10 Å². The van der Waals surface area contributed by atoms with Gasteiger partial charge in [-0.25, -0.2) is 13.2 Å².